The van der Waals surface area contributed by atoms with Crippen molar-refractivity contribution in [2.75, 3.05) is 18.8 Å². The molecule has 0 aromatic heterocycles. The SMILES string of the molecule is CCCN(CCS(=O)(=O)O)S(=O)(=O)C(F)(F)C(F)(F)C(F)(F)C(F)(F)C(F)(F)C(F)(F)C(F)(F)C(F)(F)F. The van der Waals surface area contributed by atoms with E-state index in [2.05, 4.69) is 0 Å². The highest BCUT2D eigenvalue weighted by atomic mass is 32.2. The van der Waals surface area contributed by atoms with Gasteiger partial charge in [0.05, 0.1) is 5.75 Å². The Morgan fingerprint density at radius 3 is 1.16 bits per heavy atom. The summed E-state index contributed by atoms with van der Waals surface area (Å²) in [5.74, 6) is -54.3. The highest BCUT2D eigenvalue weighted by Crippen LogP contribution is 2.64. The summed E-state index contributed by atoms with van der Waals surface area (Å²) in [4.78, 5) is 0. The van der Waals surface area contributed by atoms with E-state index in [-0.39, 0.29) is 0 Å². The van der Waals surface area contributed by atoms with E-state index in [9.17, 15) is 91.5 Å². The van der Waals surface area contributed by atoms with Crippen LogP contribution in [0.25, 0.3) is 0 Å². The predicted octanol–water partition coefficient (Wildman–Crippen LogP) is 4.88. The minimum Gasteiger partial charge on any atom is -0.286 e. The van der Waals surface area contributed by atoms with Crippen LogP contribution in [0.3, 0.4) is 0 Å². The van der Waals surface area contributed by atoms with Crippen LogP contribution in [0, 0.1) is 0 Å². The van der Waals surface area contributed by atoms with Gasteiger partial charge in [-0.1, -0.05) is 6.92 Å². The van der Waals surface area contributed by atoms with E-state index in [0.29, 0.717) is 0 Å². The average molecular weight is 649 g/mol. The van der Waals surface area contributed by atoms with Gasteiger partial charge in [0.2, 0.25) is 0 Å². The molecule has 1 N–H and O–H groups in total. The van der Waals surface area contributed by atoms with Crippen molar-refractivity contribution in [3.8, 4) is 0 Å². The van der Waals surface area contributed by atoms with Crippen LogP contribution in [0.1, 0.15) is 13.3 Å². The van der Waals surface area contributed by atoms with Crippen molar-refractivity contribution in [3.05, 3.63) is 0 Å². The molecule has 0 unspecified atom stereocenters. The molecular weight excluding hydrogens is 637 g/mol. The van der Waals surface area contributed by atoms with Crippen molar-refractivity contribution in [1.82, 2.24) is 4.31 Å². The van der Waals surface area contributed by atoms with Crippen molar-refractivity contribution in [2.24, 2.45) is 0 Å². The predicted molar refractivity (Wildman–Crippen MR) is 87.9 cm³/mol. The summed E-state index contributed by atoms with van der Waals surface area (Å²) in [7, 11) is -13.0. The van der Waals surface area contributed by atoms with Crippen molar-refractivity contribution >= 4 is 20.1 Å². The number of sulfonamides is 1. The lowest BCUT2D eigenvalue weighted by atomic mass is 9.91. The first kappa shape index (κ1) is 36.6. The summed E-state index contributed by atoms with van der Waals surface area (Å²) >= 11 is 0. The van der Waals surface area contributed by atoms with E-state index < -0.39 is 96.7 Å². The third kappa shape index (κ3) is 5.34. The molecule has 0 saturated heterocycles. The van der Waals surface area contributed by atoms with Crippen LogP contribution < -0.4 is 0 Å². The zero-order valence-electron chi connectivity index (χ0n) is 17.6. The van der Waals surface area contributed by atoms with Gasteiger partial charge in [-0.3, -0.25) is 4.55 Å². The van der Waals surface area contributed by atoms with Crippen LogP contribution in [-0.4, -0.2) is 91.5 Å². The molecule has 0 radical (unpaired) electrons. The molecule has 0 rings (SSSR count). The van der Waals surface area contributed by atoms with E-state index >= 15 is 0 Å². The number of nitrogens with zero attached hydrogens (tertiary/aromatic N) is 1. The monoisotopic (exact) mass is 649 g/mol. The molecule has 0 aromatic rings. The lowest BCUT2D eigenvalue weighted by molar-refractivity contribution is -0.458. The maximum Gasteiger partial charge on any atom is 0.460 e. The van der Waals surface area contributed by atoms with Crippen LogP contribution in [0.15, 0.2) is 0 Å². The number of rotatable bonds is 13. The first-order chi connectivity index (χ1) is 16.2. The standard InChI is InChI=1S/C13H12F17NO5S2/c1-2-3-31(4-5-37(32,33)34)38(35,36)13(29,30)11(24,25)9(20,21)7(16,17)6(14,15)8(18,19)10(22,23)12(26,27)28/h2-5H2,1H3,(H,32,33,34). The zero-order valence-corrected chi connectivity index (χ0v) is 19.2. The van der Waals surface area contributed by atoms with Gasteiger partial charge in [-0.2, -0.15) is 87.4 Å². The first-order valence-corrected chi connectivity index (χ1v) is 11.9. The number of hydrogen-bond acceptors (Lipinski definition) is 4. The fraction of sp³-hybridized carbons (Fsp3) is 1.00. The number of hydrogen-bond donors (Lipinski definition) is 1. The Balaban J connectivity index is 7.04. The minimum atomic E-state index is -8.97. The van der Waals surface area contributed by atoms with Gasteiger partial charge in [0.15, 0.2) is 0 Å². The smallest absolute Gasteiger partial charge is 0.286 e. The quantitative estimate of drug-likeness (QED) is 0.227. The van der Waals surface area contributed by atoms with Crippen LogP contribution in [0.2, 0.25) is 0 Å². The molecule has 0 spiro atoms. The van der Waals surface area contributed by atoms with Gasteiger partial charge < -0.3 is 0 Å². The van der Waals surface area contributed by atoms with Gasteiger partial charge in [-0.05, 0) is 6.42 Å². The molecule has 0 amide bonds. The molecule has 0 aliphatic carbocycles. The van der Waals surface area contributed by atoms with Crippen LogP contribution in [-0.2, 0) is 20.1 Å². The molecule has 38 heavy (non-hydrogen) atoms. The Kier molecular flexibility index (Phi) is 9.56. The number of halogens is 17. The molecule has 0 atom stereocenters. The van der Waals surface area contributed by atoms with Crippen molar-refractivity contribution < 1.29 is 96.0 Å². The summed E-state index contributed by atoms with van der Waals surface area (Å²) in [5, 5.41) is -7.79. The molecule has 6 nitrogen and oxygen atoms in total. The molecule has 0 aliphatic heterocycles. The number of alkyl halides is 17. The largest absolute Gasteiger partial charge is 0.460 e. The summed E-state index contributed by atoms with van der Waals surface area (Å²) < 4.78 is 278. The summed E-state index contributed by atoms with van der Waals surface area (Å²) in [6.45, 7) is -2.73. The molecule has 0 heterocycles. The van der Waals surface area contributed by atoms with Crippen LogP contribution in [0.5, 0.6) is 0 Å². The van der Waals surface area contributed by atoms with Gasteiger partial charge in [-0.15, -0.1) is 0 Å². The third-order valence-corrected chi connectivity index (χ3v) is 7.08. The second-order valence-corrected chi connectivity index (χ2v) is 10.7. The molecule has 230 valence electrons. The van der Waals surface area contributed by atoms with E-state index in [0.717, 1.165) is 6.92 Å². The second-order valence-electron chi connectivity index (χ2n) is 7.15. The Morgan fingerprint density at radius 1 is 0.553 bits per heavy atom. The molecule has 0 fully saturated rings. The molecular formula is C13H12F17NO5S2. The molecule has 0 aliphatic rings. The fourth-order valence-corrected chi connectivity index (χ4v) is 4.39. The Morgan fingerprint density at radius 2 is 0.868 bits per heavy atom. The zero-order chi connectivity index (χ0) is 31.4. The van der Waals surface area contributed by atoms with E-state index in [1.165, 1.54) is 0 Å². The minimum absolute atomic E-state index is 0.782. The van der Waals surface area contributed by atoms with Crippen LogP contribution >= 0.6 is 0 Å². The van der Waals surface area contributed by atoms with Gasteiger partial charge >= 0.3 is 47.0 Å². The van der Waals surface area contributed by atoms with Gasteiger partial charge in [0.1, 0.15) is 0 Å². The topological polar surface area (TPSA) is 91.8 Å². The van der Waals surface area contributed by atoms with Gasteiger partial charge in [-0.25, -0.2) is 8.42 Å². The van der Waals surface area contributed by atoms with E-state index in [4.69, 9.17) is 4.55 Å². The Hall–Kier alpha value is -1.37. The normalized spacial score (nSPS) is 16.3. The molecule has 0 saturated carbocycles. The average Bonchev–Trinajstić information content (AvgIpc) is 2.68. The van der Waals surface area contributed by atoms with Crippen molar-refractivity contribution in [3.63, 3.8) is 0 Å². The fourth-order valence-electron chi connectivity index (χ4n) is 2.29. The summed E-state index contributed by atoms with van der Waals surface area (Å²) in [6, 6.07) is 0. The summed E-state index contributed by atoms with van der Waals surface area (Å²) in [5.41, 5.74) is 0. The van der Waals surface area contributed by atoms with Crippen molar-refractivity contribution in [1.29, 1.82) is 0 Å². The Bertz CT molecular complexity index is 1070. The van der Waals surface area contributed by atoms with Gasteiger partial charge in [0, 0.05) is 13.1 Å². The molecule has 25 heteroatoms. The highest BCUT2D eigenvalue weighted by molar-refractivity contribution is 7.90. The maximum absolute atomic E-state index is 14.1. The lowest BCUT2D eigenvalue weighted by Gasteiger charge is -2.43. The molecule has 0 bridgehead atoms. The Labute approximate surface area is 200 Å². The third-order valence-electron chi connectivity index (χ3n) is 4.43. The summed E-state index contributed by atoms with van der Waals surface area (Å²) in [6.07, 6.45) is -8.72. The molecule has 0 aromatic carbocycles. The van der Waals surface area contributed by atoms with E-state index in [1.54, 1.807) is 0 Å². The van der Waals surface area contributed by atoms with Gasteiger partial charge in [0.25, 0.3) is 20.1 Å². The van der Waals surface area contributed by atoms with Crippen molar-refractivity contribution in [2.45, 2.75) is 60.3 Å². The second kappa shape index (κ2) is 9.92. The maximum atomic E-state index is 14.1. The first-order valence-electron chi connectivity index (χ1n) is 8.83. The van der Waals surface area contributed by atoms with E-state index in [1.807, 2.05) is 0 Å². The van der Waals surface area contributed by atoms with Crippen LogP contribution in [0.4, 0.5) is 74.6 Å². The highest BCUT2D eigenvalue weighted by Gasteiger charge is 2.96. The lowest BCUT2D eigenvalue weighted by Crippen LogP contribution is -2.75.